The van der Waals surface area contributed by atoms with Crippen LogP contribution in [0.2, 0.25) is 5.02 Å². The highest BCUT2D eigenvalue weighted by Gasteiger charge is 2.42. The third-order valence-electron chi connectivity index (χ3n) is 11.8. The lowest BCUT2D eigenvalue weighted by Gasteiger charge is -2.47. The summed E-state index contributed by atoms with van der Waals surface area (Å²) in [6.45, 7) is 3.93. The van der Waals surface area contributed by atoms with Crippen LogP contribution >= 0.6 is 11.6 Å². The minimum atomic E-state index is -4.68. The van der Waals surface area contributed by atoms with Crippen molar-refractivity contribution >= 4 is 40.8 Å². The van der Waals surface area contributed by atoms with E-state index in [0.29, 0.717) is 37.4 Å². The molecule has 3 unspecified atom stereocenters. The molecule has 3 amide bonds. The number of benzene rings is 1. The van der Waals surface area contributed by atoms with Gasteiger partial charge in [-0.15, -0.1) is 0 Å². The first-order chi connectivity index (χ1) is 25.7. The Kier molecular flexibility index (Phi) is 10.5. The number of aromatic nitrogens is 3. The molecule has 3 aromatic rings. The van der Waals surface area contributed by atoms with Gasteiger partial charge >= 0.3 is 6.18 Å². The minimum absolute atomic E-state index is 0.00120. The van der Waals surface area contributed by atoms with E-state index in [1.54, 1.807) is 13.2 Å². The fourth-order valence-electron chi connectivity index (χ4n) is 8.61. The summed E-state index contributed by atoms with van der Waals surface area (Å²) >= 11 is 6.30. The number of likely N-dealkylation sites (tertiary alicyclic amines) is 2. The fraction of sp³-hybridized carbons (Fsp3) is 0.526. The van der Waals surface area contributed by atoms with Gasteiger partial charge in [-0.1, -0.05) is 23.7 Å². The summed E-state index contributed by atoms with van der Waals surface area (Å²) in [4.78, 5) is 60.1. The highest BCUT2D eigenvalue weighted by atomic mass is 35.5. The molecule has 2 aromatic heterocycles. The molecule has 0 radical (unpaired) electrons. The molecule has 12 nitrogen and oxygen atoms in total. The first kappa shape index (κ1) is 37.8. The van der Waals surface area contributed by atoms with Crippen molar-refractivity contribution in [2.45, 2.75) is 69.0 Å². The summed E-state index contributed by atoms with van der Waals surface area (Å²) in [5, 5.41) is 9.75. The quantitative estimate of drug-likeness (QED) is 0.340. The molecular weight excluding hydrogens is 725 g/mol. The van der Waals surface area contributed by atoms with Crippen molar-refractivity contribution in [1.29, 1.82) is 0 Å². The number of alkyl halides is 3. The number of nitrogens with zero attached hydrogens (tertiary/aromatic N) is 6. The average Bonchev–Trinajstić information content (AvgIpc) is 3.15. The molecule has 0 saturated carbocycles. The van der Waals surface area contributed by atoms with E-state index in [2.05, 4.69) is 32.7 Å². The fourth-order valence-corrected chi connectivity index (χ4v) is 8.84. The van der Waals surface area contributed by atoms with Crippen LogP contribution in [0.5, 0.6) is 0 Å². The summed E-state index contributed by atoms with van der Waals surface area (Å²) < 4.78 is 43.8. The molecule has 0 aliphatic carbocycles. The maximum absolute atomic E-state index is 14.2. The first-order valence-corrected chi connectivity index (χ1v) is 18.8. The average molecular weight is 769 g/mol. The van der Waals surface area contributed by atoms with Crippen molar-refractivity contribution in [3.63, 3.8) is 0 Å². The molecular formula is C38H44ClF3N8O4. The van der Waals surface area contributed by atoms with E-state index in [4.69, 9.17) is 11.6 Å². The molecule has 1 spiro atoms. The van der Waals surface area contributed by atoms with Crippen LogP contribution < -0.4 is 21.1 Å². The Bertz CT molecular complexity index is 1970. The van der Waals surface area contributed by atoms with Gasteiger partial charge < -0.3 is 20.0 Å². The number of hydrogen-bond donors (Lipinski definition) is 2. The van der Waals surface area contributed by atoms with Crippen molar-refractivity contribution in [1.82, 2.24) is 29.9 Å². The van der Waals surface area contributed by atoms with Gasteiger partial charge in [-0.25, -0.2) is 9.67 Å². The van der Waals surface area contributed by atoms with E-state index in [9.17, 15) is 32.3 Å². The summed E-state index contributed by atoms with van der Waals surface area (Å²) in [6, 6.07) is 8.93. The third kappa shape index (κ3) is 7.83. The Morgan fingerprint density at radius 2 is 1.67 bits per heavy atom. The van der Waals surface area contributed by atoms with E-state index < -0.39 is 29.5 Å². The highest BCUT2D eigenvalue weighted by Crippen LogP contribution is 2.44. The number of pyridine rings is 1. The van der Waals surface area contributed by atoms with Crippen LogP contribution in [-0.2, 0) is 22.8 Å². The number of rotatable bonds is 6. The molecule has 6 heterocycles. The van der Waals surface area contributed by atoms with Gasteiger partial charge in [0.25, 0.3) is 11.5 Å². The van der Waals surface area contributed by atoms with E-state index in [0.717, 1.165) is 63.0 Å². The van der Waals surface area contributed by atoms with Crippen molar-refractivity contribution in [3.05, 3.63) is 80.4 Å². The predicted molar refractivity (Wildman–Crippen MR) is 197 cm³/mol. The molecule has 1 aromatic carbocycles. The Morgan fingerprint density at radius 3 is 2.33 bits per heavy atom. The third-order valence-corrected chi connectivity index (χ3v) is 12.2. The number of piperidine rings is 4. The second-order valence-electron chi connectivity index (χ2n) is 15.3. The Morgan fingerprint density at radius 1 is 0.981 bits per heavy atom. The molecule has 0 bridgehead atoms. The smallest absolute Gasteiger partial charge is 0.378 e. The second kappa shape index (κ2) is 15.0. The summed E-state index contributed by atoms with van der Waals surface area (Å²) in [5.41, 5.74) is 0.827. The number of carbonyl (C=O) groups is 3. The molecule has 16 heteroatoms. The van der Waals surface area contributed by atoms with Crippen molar-refractivity contribution < 1.29 is 27.6 Å². The molecule has 2 N–H and O–H groups in total. The largest absolute Gasteiger partial charge is 0.416 e. The molecule has 4 saturated heterocycles. The number of carbonyl (C=O) groups excluding carboxylic acids is 3. The maximum atomic E-state index is 14.2. The van der Waals surface area contributed by atoms with Gasteiger partial charge in [-0.2, -0.15) is 18.3 Å². The van der Waals surface area contributed by atoms with E-state index in [1.807, 2.05) is 34.1 Å². The lowest BCUT2D eigenvalue weighted by atomic mass is 9.71. The molecule has 288 valence electrons. The van der Waals surface area contributed by atoms with E-state index >= 15 is 0 Å². The minimum Gasteiger partial charge on any atom is -0.378 e. The summed E-state index contributed by atoms with van der Waals surface area (Å²) in [6.07, 6.45) is 2.03. The van der Waals surface area contributed by atoms with Crippen molar-refractivity contribution in [3.8, 4) is 0 Å². The molecule has 54 heavy (non-hydrogen) atoms. The van der Waals surface area contributed by atoms with Crippen LogP contribution in [-0.4, -0.2) is 94.6 Å². The number of anilines is 2. The van der Waals surface area contributed by atoms with Crippen molar-refractivity contribution in [2.24, 2.45) is 12.5 Å². The van der Waals surface area contributed by atoms with E-state index in [-0.39, 0.29) is 58.1 Å². The van der Waals surface area contributed by atoms with Crippen LogP contribution in [0.1, 0.15) is 83.8 Å². The Hall–Kier alpha value is -4.50. The normalized spacial score (nSPS) is 23.7. The van der Waals surface area contributed by atoms with Gasteiger partial charge in [0.1, 0.15) is 10.8 Å². The van der Waals surface area contributed by atoms with Gasteiger partial charge in [0.15, 0.2) is 0 Å². The van der Waals surface area contributed by atoms with Crippen LogP contribution in [0.4, 0.5) is 24.7 Å². The van der Waals surface area contributed by atoms with Crippen LogP contribution in [0.15, 0.2) is 47.5 Å². The molecule has 3 atom stereocenters. The summed E-state index contributed by atoms with van der Waals surface area (Å²) in [7, 11) is 3.61. The second-order valence-corrected chi connectivity index (χ2v) is 15.7. The topological polar surface area (TPSA) is 133 Å². The van der Waals surface area contributed by atoms with E-state index in [1.165, 1.54) is 4.68 Å². The first-order valence-electron chi connectivity index (χ1n) is 18.4. The monoisotopic (exact) mass is 768 g/mol. The molecule has 4 aliphatic rings. The van der Waals surface area contributed by atoms with Crippen LogP contribution in [0.25, 0.3) is 0 Å². The molecule has 7 rings (SSSR count). The van der Waals surface area contributed by atoms with Crippen molar-refractivity contribution in [2.75, 3.05) is 56.5 Å². The number of nitrogens with one attached hydrogen (secondary N) is 2. The van der Waals surface area contributed by atoms with Gasteiger partial charge in [0.05, 0.1) is 23.4 Å². The zero-order chi connectivity index (χ0) is 38.4. The number of imide groups is 1. The zero-order valence-corrected chi connectivity index (χ0v) is 31.0. The number of aryl methyl sites for hydroxylation is 1. The number of hydrogen-bond acceptors (Lipinski definition) is 9. The zero-order valence-electron chi connectivity index (χ0n) is 30.3. The lowest BCUT2D eigenvalue weighted by Crippen LogP contribution is -2.48. The number of halogens is 4. The standard InChI is InChI=1S/C38H44ClF3N8O4/c1-47-21-25(17-26(22-47)45-30-20-44-48(2)36(54)33(30)39)23-3-5-24(6-4-23)35(53)50-15-11-37(12-16-50)9-13-49(14-10-37)31-18-29(38(40,41)42)28(19-43-31)27-7-8-32(51)46-34(27)52/h3-6,18-20,25-27,45H,7-17,21-22H2,1-2H3,(H,46,51,52). The predicted octanol–water partition coefficient (Wildman–Crippen LogP) is 4.79. The highest BCUT2D eigenvalue weighted by molar-refractivity contribution is 6.32. The van der Waals surface area contributed by atoms with Gasteiger partial charge in [-0.3, -0.25) is 24.5 Å². The Labute approximate surface area is 316 Å². The maximum Gasteiger partial charge on any atom is 0.416 e. The molecule has 4 aliphatic heterocycles. The number of likely N-dealkylation sites (N-methyl/N-ethyl adjacent to an activating group) is 1. The molecule has 4 fully saturated rings. The summed E-state index contributed by atoms with van der Waals surface area (Å²) in [5.74, 6) is -1.87. The SMILES string of the molecule is CN1CC(Nc2cnn(C)c(=O)c2Cl)CC(c2ccc(C(=O)N3CCC4(CC3)CCN(c3cc(C(F)(F)F)c(C5CCC(=O)NC5=O)cn3)CC4)cc2)C1. The van der Waals surface area contributed by atoms with Crippen LogP contribution in [0, 0.1) is 5.41 Å². The van der Waals surface area contributed by atoms with Gasteiger partial charge in [0, 0.05) is 70.5 Å². The Balaban J connectivity index is 0.935. The van der Waals surface area contributed by atoms with Gasteiger partial charge in [-0.05, 0) is 86.2 Å². The lowest BCUT2D eigenvalue weighted by molar-refractivity contribution is -0.139. The number of amides is 3. The van der Waals surface area contributed by atoms with Gasteiger partial charge in [0.2, 0.25) is 11.8 Å². The van der Waals surface area contributed by atoms with Crippen LogP contribution in [0.3, 0.4) is 0 Å².